The van der Waals surface area contributed by atoms with E-state index in [4.69, 9.17) is 10.00 Å². The molecule has 3 rings (SSSR count). The van der Waals surface area contributed by atoms with Gasteiger partial charge in [0.25, 0.3) is 11.8 Å². The van der Waals surface area contributed by atoms with Gasteiger partial charge < -0.3 is 15.0 Å². The van der Waals surface area contributed by atoms with Crippen molar-refractivity contribution in [2.75, 3.05) is 25.0 Å². The summed E-state index contributed by atoms with van der Waals surface area (Å²) in [4.78, 5) is 26.9. The molecule has 2 aromatic rings. The lowest BCUT2D eigenvalue weighted by Gasteiger charge is -2.27. The quantitative estimate of drug-likeness (QED) is 0.884. The fourth-order valence-electron chi connectivity index (χ4n) is 3.06. The van der Waals surface area contributed by atoms with Crippen LogP contribution in [-0.2, 0) is 4.79 Å². The van der Waals surface area contributed by atoms with Crippen molar-refractivity contribution in [3.05, 3.63) is 59.7 Å². The predicted molar refractivity (Wildman–Crippen MR) is 101 cm³/mol. The fraction of sp³-hybridized carbons (Fsp3) is 0.286. The molecular formula is C21H21N3O3. The van der Waals surface area contributed by atoms with Crippen LogP contribution < -0.4 is 10.1 Å². The molecule has 1 saturated heterocycles. The van der Waals surface area contributed by atoms with E-state index in [9.17, 15) is 9.59 Å². The van der Waals surface area contributed by atoms with E-state index in [-0.39, 0.29) is 18.4 Å². The number of carbonyl (C=O) groups is 2. The summed E-state index contributed by atoms with van der Waals surface area (Å²) in [7, 11) is 0. The first-order valence-corrected chi connectivity index (χ1v) is 8.99. The third-order valence-corrected chi connectivity index (χ3v) is 4.44. The Hall–Kier alpha value is -3.33. The zero-order valence-corrected chi connectivity index (χ0v) is 15.0. The number of hydrogen-bond acceptors (Lipinski definition) is 4. The summed E-state index contributed by atoms with van der Waals surface area (Å²) in [6.45, 7) is 1.25. The van der Waals surface area contributed by atoms with Crippen LogP contribution in [0.5, 0.6) is 5.75 Å². The van der Waals surface area contributed by atoms with Gasteiger partial charge in [0.2, 0.25) is 0 Å². The summed E-state index contributed by atoms with van der Waals surface area (Å²) in [5.74, 6) is -0.101. The topological polar surface area (TPSA) is 82.4 Å². The molecule has 0 radical (unpaired) electrons. The van der Waals surface area contributed by atoms with E-state index in [0.717, 1.165) is 32.4 Å². The molecule has 0 bridgehead atoms. The van der Waals surface area contributed by atoms with Crippen molar-refractivity contribution in [2.45, 2.75) is 19.3 Å². The number of nitriles is 1. The molecule has 0 aromatic heterocycles. The second-order valence-electron chi connectivity index (χ2n) is 6.34. The van der Waals surface area contributed by atoms with E-state index in [1.807, 2.05) is 11.0 Å². The molecule has 2 amide bonds. The van der Waals surface area contributed by atoms with Gasteiger partial charge in [-0.1, -0.05) is 24.3 Å². The van der Waals surface area contributed by atoms with Gasteiger partial charge in [0.15, 0.2) is 6.61 Å². The Morgan fingerprint density at radius 2 is 1.74 bits per heavy atom. The van der Waals surface area contributed by atoms with Crippen LogP contribution in [0.2, 0.25) is 0 Å². The summed E-state index contributed by atoms with van der Waals surface area (Å²) >= 11 is 0. The zero-order chi connectivity index (χ0) is 19.1. The van der Waals surface area contributed by atoms with Crippen molar-refractivity contribution in [3.63, 3.8) is 0 Å². The maximum atomic E-state index is 12.8. The van der Waals surface area contributed by atoms with Crippen LogP contribution in [0, 0.1) is 11.3 Å². The van der Waals surface area contributed by atoms with E-state index < -0.39 is 0 Å². The maximum Gasteiger partial charge on any atom is 0.262 e. The highest BCUT2D eigenvalue weighted by Gasteiger charge is 2.21. The number of para-hydroxylation sites is 2. The van der Waals surface area contributed by atoms with Gasteiger partial charge in [-0.3, -0.25) is 9.59 Å². The highest BCUT2D eigenvalue weighted by molar-refractivity contribution is 6.04. The summed E-state index contributed by atoms with van der Waals surface area (Å²) in [5, 5.41) is 11.8. The first kappa shape index (κ1) is 18.5. The molecule has 0 unspecified atom stereocenters. The Morgan fingerprint density at radius 1 is 1.04 bits per heavy atom. The number of anilines is 1. The molecule has 0 atom stereocenters. The number of likely N-dealkylation sites (tertiary alicyclic amines) is 1. The fourth-order valence-corrected chi connectivity index (χ4v) is 3.06. The zero-order valence-electron chi connectivity index (χ0n) is 15.0. The minimum absolute atomic E-state index is 0.0682. The predicted octanol–water partition coefficient (Wildman–Crippen LogP) is 3.20. The molecule has 1 fully saturated rings. The van der Waals surface area contributed by atoms with Crippen LogP contribution in [0.1, 0.15) is 35.2 Å². The lowest BCUT2D eigenvalue weighted by atomic mass is 10.1. The summed E-state index contributed by atoms with van der Waals surface area (Å²) in [5.41, 5.74) is 1.31. The van der Waals surface area contributed by atoms with Gasteiger partial charge in [-0.25, -0.2) is 0 Å². The minimum atomic E-state index is -0.387. The van der Waals surface area contributed by atoms with Crippen molar-refractivity contribution in [2.24, 2.45) is 0 Å². The molecule has 0 spiro atoms. The Bertz CT molecular complexity index is 867. The first-order chi connectivity index (χ1) is 13.2. The van der Waals surface area contributed by atoms with Gasteiger partial charge in [0, 0.05) is 13.1 Å². The van der Waals surface area contributed by atoms with Crippen molar-refractivity contribution >= 4 is 17.5 Å². The third kappa shape index (κ3) is 4.64. The van der Waals surface area contributed by atoms with E-state index in [1.54, 1.807) is 48.5 Å². The molecule has 138 valence electrons. The SMILES string of the molecule is N#Cc1ccccc1OCC(=O)Nc1ccccc1C(=O)N1CCCCC1. The lowest BCUT2D eigenvalue weighted by Crippen LogP contribution is -2.36. The van der Waals surface area contributed by atoms with Crippen LogP contribution in [0.3, 0.4) is 0 Å². The molecule has 2 aromatic carbocycles. The average molecular weight is 363 g/mol. The maximum absolute atomic E-state index is 12.8. The number of carbonyl (C=O) groups excluding carboxylic acids is 2. The molecule has 6 heteroatoms. The van der Waals surface area contributed by atoms with Gasteiger partial charge in [-0.2, -0.15) is 5.26 Å². The Kier molecular flexibility index (Phi) is 6.06. The number of benzene rings is 2. The minimum Gasteiger partial charge on any atom is -0.482 e. The third-order valence-electron chi connectivity index (χ3n) is 4.44. The number of nitrogens with one attached hydrogen (secondary N) is 1. The average Bonchev–Trinajstić information content (AvgIpc) is 2.73. The first-order valence-electron chi connectivity index (χ1n) is 8.99. The Balaban J connectivity index is 1.66. The molecule has 27 heavy (non-hydrogen) atoms. The van der Waals surface area contributed by atoms with Gasteiger partial charge in [-0.05, 0) is 43.5 Å². The van der Waals surface area contributed by atoms with Crippen LogP contribution in [0.15, 0.2) is 48.5 Å². The van der Waals surface area contributed by atoms with E-state index in [0.29, 0.717) is 22.6 Å². The van der Waals surface area contributed by atoms with Crippen LogP contribution in [0.25, 0.3) is 0 Å². The van der Waals surface area contributed by atoms with Crippen molar-refractivity contribution in [3.8, 4) is 11.8 Å². The standard InChI is InChI=1S/C21H21N3O3/c22-14-16-8-2-5-11-19(16)27-15-20(25)23-18-10-4-3-9-17(18)21(26)24-12-6-1-7-13-24/h2-5,8-11H,1,6-7,12-13,15H2,(H,23,25). The number of ether oxygens (including phenoxy) is 1. The van der Waals surface area contributed by atoms with Crippen LogP contribution in [-0.4, -0.2) is 36.4 Å². The van der Waals surface area contributed by atoms with Gasteiger partial charge >= 0.3 is 0 Å². The Morgan fingerprint density at radius 3 is 2.52 bits per heavy atom. The largest absolute Gasteiger partial charge is 0.482 e. The molecule has 0 aliphatic carbocycles. The van der Waals surface area contributed by atoms with Crippen molar-refractivity contribution in [1.82, 2.24) is 4.90 Å². The number of nitrogens with zero attached hydrogens (tertiary/aromatic N) is 2. The summed E-state index contributed by atoms with van der Waals surface area (Å²) in [6.07, 6.45) is 3.16. The van der Waals surface area contributed by atoms with E-state index in [1.165, 1.54) is 0 Å². The number of piperidine rings is 1. The second kappa shape index (κ2) is 8.86. The smallest absolute Gasteiger partial charge is 0.262 e. The Labute approximate surface area is 158 Å². The second-order valence-corrected chi connectivity index (χ2v) is 6.34. The van der Waals surface area contributed by atoms with Gasteiger partial charge in [-0.15, -0.1) is 0 Å². The van der Waals surface area contributed by atoms with Crippen LogP contribution >= 0.6 is 0 Å². The molecule has 1 N–H and O–H groups in total. The summed E-state index contributed by atoms with van der Waals surface area (Å²) in [6, 6.07) is 15.7. The molecular weight excluding hydrogens is 342 g/mol. The highest BCUT2D eigenvalue weighted by atomic mass is 16.5. The van der Waals surface area contributed by atoms with Gasteiger partial charge in [0.1, 0.15) is 11.8 Å². The summed E-state index contributed by atoms with van der Waals surface area (Å²) < 4.78 is 5.45. The monoisotopic (exact) mass is 363 g/mol. The number of amides is 2. The van der Waals surface area contributed by atoms with E-state index in [2.05, 4.69) is 5.32 Å². The van der Waals surface area contributed by atoms with Crippen LogP contribution in [0.4, 0.5) is 5.69 Å². The molecule has 6 nitrogen and oxygen atoms in total. The molecule has 0 saturated carbocycles. The van der Waals surface area contributed by atoms with Crippen molar-refractivity contribution in [1.29, 1.82) is 5.26 Å². The molecule has 1 heterocycles. The lowest BCUT2D eigenvalue weighted by molar-refractivity contribution is -0.118. The van der Waals surface area contributed by atoms with E-state index >= 15 is 0 Å². The van der Waals surface area contributed by atoms with Gasteiger partial charge in [0.05, 0.1) is 16.8 Å². The molecule has 1 aliphatic rings. The highest BCUT2D eigenvalue weighted by Crippen LogP contribution is 2.20. The number of rotatable bonds is 5. The normalized spacial score (nSPS) is 13.5. The number of hydrogen-bond donors (Lipinski definition) is 1. The molecule has 1 aliphatic heterocycles. The van der Waals surface area contributed by atoms with Crippen molar-refractivity contribution < 1.29 is 14.3 Å².